The molecule has 2 fully saturated rings. The Bertz CT molecular complexity index is 718. The van der Waals surface area contributed by atoms with Crippen LogP contribution in [0, 0.1) is 0 Å². The van der Waals surface area contributed by atoms with E-state index in [0.29, 0.717) is 23.5 Å². The van der Waals surface area contributed by atoms with Crippen LogP contribution in [0.4, 0.5) is 0 Å². The molecule has 2 saturated heterocycles. The van der Waals surface area contributed by atoms with Crippen LogP contribution in [0.15, 0.2) is 48.7 Å². The summed E-state index contributed by atoms with van der Waals surface area (Å²) in [6, 6.07) is 14.3. The summed E-state index contributed by atoms with van der Waals surface area (Å²) in [7, 11) is 0. The van der Waals surface area contributed by atoms with E-state index in [1.807, 2.05) is 30.3 Å². The molecule has 3 heterocycles. The van der Waals surface area contributed by atoms with Crippen molar-refractivity contribution in [2.24, 2.45) is 0 Å². The number of halogens is 2. The Morgan fingerprint density at radius 3 is 2.42 bits per heavy atom. The topological polar surface area (TPSA) is 63.2 Å². The van der Waals surface area contributed by atoms with Crippen molar-refractivity contribution in [3.63, 3.8) is 0 Å². The van der Waals surface area contributed by atoms with E-state index >= 15 is 0 Å². The summed E-state index contributed by atoms with van der Waals surface area (Å²) < 4.78 is 5.77. The number of fused-ring (bicyclic) bond motifs is 2. The molecule has 2 atom stereocenters. The highest BCUT2D eigenvalue weighted by Gasteiger charge is 2.34. The van der Waals surface area contributed by atoms with Gasteiger partial charge in [-0.15, -0.1) is 24.8 Å². The van der Waals surface area contributed by atoms with Crippen LogP contribution in [0.2, 0.25) is 0 Å². The van der Waals surface area contributed by atoms with Gasteiger partial charge in [-0.25, -0.2) is 0 Å². The summed E-state index contributed by atoms with van der Waals surface area (Å²) in [5, 5.41) is 6.71. The lowest BCUT2D eigenvalue weighted by atomic mass is 10.00. The van der Waals surface area contributed by atoms with E-state index in [2.05, 4.69) is 15.6 Å². The van der Waals surface area contributed by atoms with Gasteiger partial charge in [-0.3, -0.25) is 9.78 Å². The first-order valence-corrected chi connectivity index (χ1v) is 8.52. The molecular formula is C19H23Cl2N3O2. The molecule has 2 bridgehead atoms. The van der Waals surface area contributed by atoms with Crippen molar-refractivity contribution in [2.45, 2.75) is 43.8 Å². The molecule has 2 N–H and O–H groups in total. The number of hydrogen-bond donors (Lipinski definition) is 2. The monoisotopic (exact) mass is 395 g/mol. The van der Waals surface area contributed by atoms with Crippen LogP contribution in [-0.4, -0.2) is 29.0 Å². The molecule has 140 valence electrons. The zero-order valence-electron chi connectivity index (χ0n) is 14.3. The number of rotatable bonds is 4. The second kappa shape index (κ2) is 9.21. The summed E-state index contributed by atoms with van der Waals surface area (Å²) in [5.74, 6) is 1.23. The van der Waals surface area contributed by atoms with E-state index in [9.17, 15) is 4.79 Å². The van der Waals surface area contributed by atoms with Crippen molar-refractivity contribution < 1.29 is 9.53 Å². The third-order valence-electron chi connectivity index (χ3n) is 4.75. The number of amides is 1. The van der Waals surface area contributed by atoms with Gasteiger partial charge in [0.25, 0.3) is 5.91 Å². The molecule has 2 aliphatic heterocycles. The number of hydrogen-bond acceptors (Lipinski definition) is 4. The van der Waals surface area contributed by atoms with Crippen LogP contribution in [0.25, 0.3) is 0 Å². The van der Waals surface area contributed by atoms with Gasteiger partial charge in [-0.05, 0) is 43.9 Å². The van der Waals surface area contributed by atoms with Crippen LogP contribution in [0.5, 0.6) is 11.5 Å². The number of piperidine rings is 1. The first-order valence-electron chi connectivity index (χ1n) is 8.52. The fourth-order valence-corrected chi connectivity index (χ4v) is 3.66. The Kier molecular flexibility index (Phi) is 7.26. The van der Waals surface area contributed by atoms with Gasteiger partial charge in [0.2, 0.25) is 0 Å². The van der Waals surface area contributed by atoms with Gasteiger partial charge in [0.05, 0.1) is 0 Å². The summed E-state index contributed by atoms with van der Waals surface area (Å²) in [6.45, 7) is 0. The Morgan fingerprint density at radius 2 is 1.73 bits per heavy atom. The molecule has 26 heavy (non-hydrogen) atoms. The first kappa shape index (κ1) is 20.5. The molecule has 5 nitrogen and oxygen atoms in total. The number of nitrogens with zero attached hydrogens (tertiary/aromatic N) is 1. The molecule has 4 rings (SSSR count). The van der Waals surface area contributed by atoms with E-state index in [0.717, 1.165) is 18.6 Å². The normalized spacial score (nSPS) is 23.3. The number of pyridine rings is 1. The van der Waals surface area contributed by atoms with Crippen LogP contribution in [-0.2, 0) is 0 Å². The number of ether oxygens (including phenoxy) is 1. The minimum Gasteiger partial charge on any atom is -0.457 e. The van der Waals surface area contributed by atoms with Crippen LogP contribution in [0.3, 0.4) is 0 Å². The van der Waals surface area contributed by atoms with Crippen molar-refractivity contribution in [3.8, 4) is 11.5 Å². The van der Waals surface area contributed by atoms with E-state index < -0.39 is 0 Å². The lowest BCUT2D eigenvalue weighted by molar-refractivity contribution is 0.0918. The summed E-state index contributed by atoms with van der Waals surface area (Å²) in [4.78, 5) is 16.7. The van der Waals surface area contributed by atoms with Gasteiger partial charge in [0, 0.05) is 30.4 Å². The van der Waals surface area contributed by atoms with Crippen molar-refractivity contribution in [1.82, 2.24) is 15.6 Å². The quantitative estimate of drug-likeness (QED) is 0.827. The second-order valence-corrected chi connectivity index (χ2v) is 6.57. The van der Waals surface area contributed by atoms with Crippen molar-refractivity contribution in [3.05, 3.63) is 54.4 Å². The Balaban J connectivity index is 0.00000121. The Morgan fingerprint density at radius 1 is 1.04 bits per heavy atom. The fourth-order valence-electron chi connectivity index (χ4n) is 3.66. The number of nitrogens with one attached hydrogen (secondary N) is 2. The lowest BCUT2D eigenvalue weighted by Gasteiger charge is -2.29. The third kappa shape index (κ3) is 4.87. The van der Waals surface area contributed by atoms with Gasteiger partial charge >= 0.3 is 0 Å². The van der Waals surface area contributed by atoms with Crippen molar-refractivity contribution >= 4 is 30.7 Å². The number of aromatic nitrogens is 1. The largest absolute Gasteiger partial charge is 0.457 e. The minimum atomic E-state index is -0.125. The van der Waals surface area contributed by atoms with Crippen LogP contribution in [0.1, 0.15) is 36.2 Å². The molecule has 0 spiro atoms. The standard InChI is InChI=1S/C19H21N3O2.2ClH/c23-19(22-15-10-13-6-7-14(11-15)21-13)18-12-17(8-9-20-18)24-16-4-2-1-3-5-16;;/h1-5,8-9,12-15,21H,6-7,10-11H2,(H,22,23);2*1H. The number of carbonyl (C=O) groups is 1. The van der Waals surface area contributed by atoms with E-state index in [-0.39, 0.29) is 36.8 Å². The fraction of sp³-hybridized carbons (Fsp3) is 0.368. The first-order chi connectivity index (χ1) is 11.8. The van der Waals surface area contributed by atoms with Gasteiger partial charge in [0.1, 0.15) is 17.2 Å². The maximum atomic E-state index is 12.5. The molecule has 0 aliphatic carbocycles. The molecule has 7 heteroatoms. The zero-order chi connectivity index (χ0) is 16.4. The molecule has 0 saturated carbocycles. The second-order valence-electron chi connectivity index (χ2n) is 6.57. The molecule has 1 aromatic heterocycles. The number of benzene rings is 1. The van der Waals surface area contributed by atoms with Crippen LogP contribution >= 0.6 is 24.8 Å². The molecule has 0 radical (unpaired) electrons. The molecular weight excluding hydrogens is 373 g/mol. The molecule has 1 amide bonds. The molecule has 2 aromatic rings. The van der Waals surface area contributed by atoms with Crippen molar-refractivity contribution in [2.75, 3.05) is 0 Å². The number of para-hydroxylation sites is 1. The Hall–Kier alpha value is -1.82. The summed E-state index contributed by atoms with van der Waals surface area (Å²) in [6.07, 6.45) is 6.05. The van der Waals surface area contributed by atoms with Gasteiger partial charge in [-0.1, -0.05) is 18.2 Å². The van der Waals surface area contributed by atoms with E-state index in [1.165, 1.54) is 12.8 Å². The predicted molar refractivity (Wildman–Crippen MR) is 106 cm³/mol. The van der Waals surface area contributed by atoms with Gasteiger partial charge < -0.3 is 15.4 Å². The maximum Gasteiger partial charge on any atom is 0.270 e. The third-order valence-corrected chi connectivity index (χ3v) is 4.75. The van der Waals surface area contributed by atoms with Crippen molar-refractivity contribution in [1.29, 1.82) is 0 Å². The van der Waals surface area contributed by atoms with E-state index in [4.69, 9.17) is 4.74 Å². The SMILES string of the molecule is Cl.Cl.O=C(NC1CC2CCC(C1)N2)c1cc(Oc2ccccc2)ccn1. The highest BCUT2D eigenvalue weighted by molar-refractivity contribution is 5.92. The van der Waals surface area contributed by atoms with Crippen LogP contribution < -0.4 is 15.4 Å². The zero-order valence-corrected chi connectivity index (χ0v) is 15.9. The van der Waals surface area contributed by atoms with Gasteiger partial charge in [-0.2, -0.15) is 0 Å². The average molecular weight is 396 g/mol. The van der Waals surface area contributed by atoms with Gasteiger partial charge in [0.15, 0.2) is 0 Å². The molecule has 2 aliphatic rings. The number of carbonyl (C=O) groups excluding carboxylic acids is 1. The smallest absolute Gasteiger partial charge is 0.270 e. The highest BCUT2D eigenvalue weighted by Crippen LogP contribution is 2.27. The highest BCUT2D eigenvalue weighted by atomic mass is 35.5. The Labute approximate surface area is 165 Å². The average Bonchev–Trinajstić information content (AvgIpc) is 2.94. The van der Waals surface area contributed by atoms with E-state index in [1.54, 1.807) is 18.3 Å². The molecule has 1 aromatic carbocycles. The summed E-state index contributed by atoms with van der Waals surface area (Å²) >= 11 is 0. The lowest BCUT2D eigenvalue weighted by Crippen LogP contribution is -2.48. The predicted octanol–water partition coefficient (Wildman–Crippen LogP) is 3.73. The summed E-state index contributed by atoms with van der Waals surface area (Å²) in [5.41, 5.74) is 0.398. The maximum absolute atomic E-state index is 12.5. The molecule has 2 unspecified atom stereocenters. The minimum absolute atomic E-state index is 0.